The summed E-state index contributed by atoms with van der Waals surface area (Å²) in [5, 5.41) is 5.12. The lowest BCUT2D eigenvalue weighted by molar-refractivity contribution is -0.125. The van der Waals surface area contributed by atoms with Crippen molar-refractivity contribution in [2.45, 2.75) is 40.0 Å². The molecule has 2 aromatic rings. The number of hydrazine groups is 1. The number of ether oxygens (including phenoxy) is 1. The van der Waals surface area contributed by atoms with Gasteiger partial charge in [-0.15, -0.1) is 0 Å². The van der Waals surface area contributed by atoms with Crippen molar-refractivity contribution in [1.82, 2.24) is 16.2 Å². The van der Waals surface area contributed by atoms with Crippen LogP contribution in [0.3, 0.4) is 0 Å². The van der Waals surface area contributed by atoms with E-state index in [0.717, 1.165) is 23.2 Å². The number of hydrogen-bond donors (Lipinski definition) is 4. The number of rotatable bonds is 8. The quantitative estimate of drug-likeness (QED) is 0.359. The number of hydrogen-bond acceptors (Lipinski definition) is 5. The maximum atomic E-state index is 12.1. The molecule has 0 bridgehead atoms. The van der Waals surface area contributed by atoms with Crippen molar-refractivity contribution in [3.05, 3.63) is 59.2 Å². The summed E-state index contributed by atoms with van der Waals surface area (Å²) in [4.78, 5) is 35.9. The predicted octanol–water partition coefficient (Wildman–Crippen LogP) is 2.69. The molecule has 3 amide bonds. The molecule has 0 atom stereocenters. The molecular formula is C23H28N4O4S. The van der Waals surface area contributed by atoms with E-state index in [1.807, 2.05) is 44.2 Å². The lowest BCUT2D eigenvalue weighted by atomic mass is 10.1. The molecule has 0 fully saturated rings. The highest BCUT2D eigenvalue weighted by molar-refractivity contribution is 7.80. The second kappa shape index (κ2) is 12.4. The van der Waals surface area contributed by atoms with E-state index in [4.69, 9.17) is 17.0 Å². The molecule has 0 spiro atoms. The van der Waals surface area contributed by atoms with Crippen LogP contribution >= 0.6 is 12.2 Å². The molecule has 0 aliphatic carbocycles. The standard InChI is InChI=1S/C23H28N4O4S/c1-4-17-7-9-18(10-8-17)31-14-22(30)25-23(32)27-26-21(29)12-11-20(28)24-19-13-15(2)5-6-16(19)3/h5-10,13H,4,11-12,14H2,1-3H3,(H,24,28)(H,26,29)(H2,25,27,30,32). The molecule has 0 aliphatic heterocycles. The van der Waals surface area contributed by atoms with Crippen LogP contribution in [-0.4, -0.2) is 29.4 Å². The number of aryl methyl sites for hydroxylation is 3. The van der Waals surface area contributed by atoms with Gasteiger partial charge in [-0.1, -0.05) is 31.2 Å². The van der Waals surface area contributed by atoms with Gasteiger partial charge in [0.15, 0.2) is 11.7 Å². The van der Waals surface area contributed by atoms with Gasteiger partial charge in [-0.25, -0.2) is 0 Å². The molecule has 0 aromatic heterocycles. The maximum absolute atomic E-state index is 12.1. The molecule has 8 nitrogen and oxygen atoms in total. The molecule has 170 valence electrons. The van der Waals surface area contributed by atoms with Crippen LogP contribution in [0.5, 0.6) is 5.75 Å². The molecule has 0 radical (unpaired) electrons. The number of thiocarbonyl (C=S) groups is 1. The summed E-state index contributed by atoms with van der Waals surface area (Å²) in [6.45, 7) is 5.66. The summed E-state index contributed by atoms with van der Waals surface area (Å²) >= 11 is 4.97. The predicted molar refractivity (Wildman–Crippen MR) is 127 cm³/mol. The highest BCUT2D eigenvalue weighted by Crippen LogP contribution is 2.16. The van der Waals surface area contributed by atoms with Crippen LogP contribution in [0.15, 0.2) is 42.5 Å². The van der Waals surface area contributed by atoms with E-state index in [9.17, 15) is 14.4 Å². The summed E-state index contributed by atoms with van der Waals surface area (Å²) in [6.07, 6.45) is 0.880. The summed E-state index contributed by atoms with van der Waals surface area (Å²) in [5.41, 5.74) is 8.65. The molecule has 0 saturated carbocycles. The first kappa shape index (κ1) is 24.8. The third-order valence-electron chi connectivity index (χ3n) is 4.52. The first-order valence-corrected chi connectivity index (χ1v) is 10.6. The molecule has 4 N–H and O–H groups in total. The summed E-state index contributed by atoms with van der Waals surface area (Å²) in [7, 11) is 0. The lowest BCUT2D eigenvalue weighted by Crippen LogP contribution is -2.49. The average Bonchev–Trinajstić information content (AvgIpc) is 2.77. The van der Waals surface area contributed by atoms with Crippen LogP contribution < -0.4 is 26.2 Å². The Balaban J connectivity index is 1.64. The van der Waals surface area contributed by atoms with E-state index in [2.05, 4.69) is 28.4 Å². The number of benzene rings is 2. The second-order valence-electron chi connectivity index (χ2n) is 7.20. The lowest BCUT2D eigenvalue weighted by Gasteiger charge is -2.12. The molecule has 0 unspecified atom stereocenters. The van der Waals surface area contributed by atoms with Crippen molar-refractivity contribution < 1.29 is 19.1 Å². The fraction of sp³-hybridized carbons (Fsp3) is 0.304. The van der Waals surface area contributed by atoms with E-state index in [-0.39, 0.29) is 30.5 Å². The molecular weight excluding hydrogens is 428 g/mol. The van der Waals surface area contributed by atoms with Gasteiger partial charge < -0.3 is 10.1 Å². The van der Waals surface area contributed by atoms with E-state index in [1.54, 1.807) is 12.1 Å². The van der Waals surface area contributed by atoms with Crippen molar-refractivity contribution >= 4 is 40.7 Å². The number of carbonyl (C=O) groups excluding carboxylic acids is 3. The maximum Gasteiger partial charge on any atom is 0.264 e. The normalized spacial score (nSPS) is 10.1. The second-order valence-corrected chi connectivity index (χ2v) is 7.61. The van der Waals surface area contributed by atoms with E-state index >= 15 is 0 Å². The number of anilines is 1. The SMILES string of the molecule is CCc1ccc(OCC(=O)NC(=S)NNC(=O)CCC(=O)Nc2cc(C)ccc2C)cc1. The zero-order chi connectivity index (χ0) is 23.5. The van der Waals surface area contributed by atoms with Crippen molar-refractivity contribution in [2.24, 2.45) is 0 Å². The van der Waals surface area contributed by atoms with Gasteiger partial charge in [0, 0.05) is 18.5 Å². The van der Waals surface area contributed by atoms with Crippen LogP contribution in [0.4, 0.5) is 5.69 Å². The molecule has 0 aliphatic rings. The van der Waals surface area contributed by atoms with Crippen molar-refractivity contribution in [3.63, 3.8) is 0 Å². The molecule has 9 heteroatoms. The van der Waals surface area contributed by atoms with Gasteiger partial charge in [0.1, 0.15) is 5.75 Å². The van der Waals surface area contributed by atoms with E-state index < -0.39 is 11.8 Å². The monoisotopic (exact) mass is 456 g/mol. The number of amides is 3. The van der Waals surface area contributed by atoms with Gasteiger partial charge in [-0.2, -0.15) is 0 Å². The van der Waals surface area contributed by atoms with Gasteiger partial charge in [-0.3, -0.25) is 30.6 Å². The Morgan fingerprint density at radius 1 is 0.906 bits per heavy atom. The van der Waals surface area contributed by atoms with Gasteiger partial charge in [-0.05, 0) is 67.4 Å². The van der Waals surface area contributed by atoms with Crippen molar-refractivity contribution in [2.75, 3.05) is 11.9 Å². The van der Waals surface area contributed by atoms with Crippen LogP contribution in [0.2, 0.25) is 0 Å². The molecule has 0 saturated heterocycles. The zero-order valence-corrected chi connectivity index (χ0v) is 19.2. The molecule has 0 heterocycles. The Hall–Kier alpha value is -3.46. The van der Waals surface area contributed by atoms with Gasteiger partial charge in [0.25, 0.3) is 5.91 Å². The van der Waals surface area contributed by atoms with Crippen LogP contribution in [0, 0.1) is 13.8 Å². The largest absolute Gasteiger partial charge is 0.484 e. The smallest absolute Gasteiger partial charge is 0.264 e. The van der Waals surface area contributed by atoms with Crippen LogP contribution in [0.25, 0.3) is 0 Å². The van der Waals surface area contributed by atoms with Gasteiger partial charge in [0.2, 0.25) is 11.8 Å². The fourth-order valence-electron chi connectivity index (χ4n) is 2.66. The van der Waals surface area contributed by atoms with Gasteiger partial charge >= 0.3 is 0 Å². The Labute approximate surface area is 193 Å². The molecule has 2 rings (SSSR count). The number of carbonyl (C=O) groups is 3. The third-order valence-corrected chi connectivity index (χ3v) is 4.72. The number of nitrogens with one attached hydrogen (secondary N) is 4. The fourth-order valence-corrected chi connectivity index (χ4v) is 2.83. The minimum Gasteiger partial charge on any atom is -0.484 e. The van der Waals surface area contributed by atoms with Crippen LogP contribution in [0.1, 0.15) is 36.5 Å². The highest BCUT2D eigenvalue weighted by Gasteiger charge is 2.10. The minimum atomic E-state index is -0.468. The Morgan fingerprint density at radius 2 is 1.59 bits per heavy atom. The minimum absolute atomic E-state index is 0.00464. The zero-order valence-electron chi connectivity index (χ0n) is 18.4. The van der Waals surface area contributed by atoms with E-state index in [0.29, 0.717) is 5.75 Å². The van der Waals surface area contributed by atoms with E-state index in [1.165, 1.54) is 5.56 Å². The van der Waals surface area contributed by atoms with Crippen molar-refractivity contribution in [3.8, 4) is 5.75 Å². The Morgan fingerprint density at radius 3 is 2.28 bits per heavy atom. The van der Waals surface area contributed by atoms with Gasteiger partial charge in [0.05, 0.1) is 0 Å². The van der Waals surface area contributed by atoms with Crippen molar-refractivity contribution in [1.29, 1.82) is 0 Å². The Kier molecular flexibility index (Phi) is 9.62. The summed E-state index contributed by atoms with van der Waals surface area (Å²) in [5.74, 6) is -0.605. The molecule has 2 aromatic carbocycles. The third kappa shape index (κ3) is 8.73. The highest BCUT2D eigenvalue weighted by atomic mass is 32.1. The molecule has 32 heavy (non-hydrogen) atoms. The Bertz CT molecular complexity index is 976. The summed E-state index contributed by atoms with van der Waals surface area (Å²) in [6, 6.07) is 13.2. The first-order valence-electron chi connectivity index (χ1n) is 10.2. The van der Waals surface area contributed by atoms with Crippen LogP contribution in [-0.2, 0) is 20.8 Å². The average molecular weight is 457 g/mol. The summed E-state index contributed by atoms with van der Waals surface area (Å²) < 4.78 is 5.39. The topological polar surface area (TPSA) is 109 Å². The first-order chi connectivity index (χ1) is 15.3.